The largest absolute Gasteiger partial charge is 0.294 e. The maximum Gasteiger partial charge on any atom is 0.294 e. The molecule has 0 bridgehead atoms. The average Bonchev–Trinajstić information content (AvgIpc) is 3.52. The van der Waals surface area contributed by atoms with Crippen molar-refractivity contribution < 1.29 is 4.57 Å². The first-order chi connectivity index (χ1) is 18.2. The maximum atomic E-state index is 2.61. The van der Waals surface area contributed by atoms with Gasteiger partial charge >= 0.3 is 0 Å². The van der Waals surface area contributed by atoms with Gasteiger partial charge in [0.1, 0.15) is 23.6 Å². The minimum absolute atomic E-state index is 0.0195. The number of aromatic nitrogens is 2. The van der Waals surface area contributed by atoms with Crippen LogP contribution in [0.2, 0.25) is 0 Å². The van der Waals surface area contributed by atoms with Gasteiger partial charge < -0.3 is 0 Å². The number of rotatable bonds is 5. The zero-order valence-corrected chi connectivity index (χ0v) is 25.0. The van der Waals surface area contributed by atoms with Crippen molar-refractivity contribution in [2.24, 2.45) is 0 Å². The first kappa shape index (κ1) is 25.4. The summed E-state index contributed by atoms with van der Waals surface area (Å²) in [5, 5.41) is 2.79. The Bertz CT molecular complexity index is 1680. The molecule has 1 aliphatic rings. The van der Waals surface area contributed by atoms with Gasteiger partial charge in [-0.05, 0) is 55.4 Å². The third kappa shape index (κ3) is 3.21. The summed E-state index contributed by atoms with van der Waals surface area (Å²) in [6, 6.07) is 20.6. The quantitative estimate of drug-likeness (QED) is 0.203. The molecule has 0 radical (unpaired) electrons. The van der Waals surface area contributed by atoms with E-state index in [9.17, 15) is 0 Å². The van der Waals surface area contributed by atoms with Crippen molar-refractivity contribution in [3.63, 3.8) is 0 Å². The number of thiophene rings is 1. The van der Waals surface area contributed by atoms with Crippen LogP contribution in [0.5, 0.6) is 0 Å². The van der Waals surface area contributed by atoms with Crippen LogP contribution >= 0.6 is 11.3 Å². The number of imidazole rings is 1. The summed E-state index contributed by atoms with van der Waals surface area (Å²) in [6.45, 7) is 19.1. The van der Waals surface area contributed by atoms with E-state index in [-0.39, 0.29) is 11.0 Å². The molecule has 3 aromatic carbocycles. The van der Waals surface area contributed by atoms with Crippen LogP contribution in [-0.2, 0) is 11.0 Å². The molecule has 5 aromatic rings. The van der Waals surface area contributed by atoms with Crippen molar-refractivity contribution in [2.75, 3.05) is 0 Å². The van der Waals surface area contributed by atoms with Gasteiger partial charge in [0, 0.05) is 36.7 Å². The van der Waals surface area contributed by atoms with Crippen molar-refractivity contribution in [3.05, 3.63) is 83.7 Å². The minimum Gasteiger partial charge on any atom is -0.224 e. The summed E-state index contributed by atoms with van der Waals surface area (Å²) in [5.74, 6) is 2.13. The van der Waals surface area contributed by atoms with E-state index in [1.807, 2.05) is 11.3 Å². The molecule has 1 aliphatic heterocycles. The van der Waals surface area contributed by atoms with E-state index in [2.05, 4.69) is 132 Å². The van der Waals surface area contributed by atoms with Crippen LogP contribution in [0.15, 0.2) is 67.0 Å². The molecule has 0 saturated carbocycles. The highest BCUT2D eigenvalue weighted by molar-refractivity contribution is 7.26. The van der Waals surface area contributed by atoms with Crippen molar-refractivity contribution in [1.29, 1.82) is 0 Å². The van der Waals surface area contributed by atoms with Crippen LogP contribution in [0, 0.1) is 0 Å². The molecule has 0 saturated heterocycles. The molecule has 3 heterocycles. The highest BCUT2D eigenvalue weighted by Crippen LogP contribution is 2.51. The second-order valence-corrected chi connectivity index (χ2v) is 13.3. The Kier molecular flexibility index (Phi) is 5.88. The maximum absolute atomic E-state index is 2.61. The van der Waals surface area contributed by atoms with Crippen LogP contribution < -0.4 is 4.57 Å². The van der Waals surface area contributed by atoms with Gasteiger partial charge in [0.25, 0.3) is 5.82 Å². The van der Waals surface area contributed by atoms with Gasteiger partial charge in [0.05, 0.1) is 5.56 Å². The molecule has 2 atom stereocenters. The minimum atomic E-state index is -0.0195. The molecule has 0 N–H and O–H groups in total. The third-order valence-corrected chi connectivity index (χ3v) is 11.1. The highest BCUT2D eigenvalue weighted by atomic mass is 32.1. The molecule has 0 spiro atoms. The Labute approximate surface area is 232 Å². The Balaban J connectivity index is 1.77. The van der Waals surface area contributed by atoms with Crippen LogP contribution in [-0.4, -0.2) is 4.57 Å². The smallest absolute Gasteiger partial charge is 0.224 e. The molecular weight excluding hydrogens is 480 g/mol. The first-order valence-electron chi connectivity index (χ1n) is 14.4. The number of hydrogen-bond donors (Lipinski definition) is 0. The zero-order valence-electron chi connectivity index (χ0n) is 24.2. The number of benzene rings is 3. The molecule has 0 fully saturated rings. The summed E-state index contributed by atoms with van der Waals surface area (Å²) in [5.41, 5.74) is 7.18. The SMILES string of the molecule is CCC1(C)c2ccccc2-c2n(-c3c(C(C)C)cc4c(sc5ccccc54)c3C(C)C)cc[n+]2C1(C)CC. The van der Waals surface area contributed by atoms with Gasteiger partial charge in [0.15, 0.2) is 0 Å². The lowest BCUT2D eigenvalue weighted by atomic mass is 9.61. The molecule has 0 amide bonds. The van der Waals surface area contributed by atoms with E-state index in [0.717, 1.165) is 12.8 Å². The van der Waals surface area contributed by atoms with Crippen LogP contribution in [0.4, 0.5) is 0 Å². The summed E-state index contributed by atoms with van der Waals surface area (Å²) >= 11 is 1.96. The van der Waals surface area contributed by atoms with Gasteiger partial charge in [-0.1, -0.05) is 84.9 Å². The topological polar surface area (TPSA) is 8.81 Å². The van der Waals surface area contributed by atoms with E-state index in [1.54, 1.807) is 0 Å². The standard InChI is InChI=1S/C35H41N2S/c1-9-34(7)28-17-13-11-16-25(28)33-36(19-20-37(33)35(34,8)10-2)31-26(22(3)4)21-27-24-15-12-14-18-29(24)38-32(27)30(31)23(5)6/h11-23H,9-10H2,1-8H3/q+1. The summed E-state index contributed by atoms with van der Waals surface area (Å²) in [7, 11) is 0. The fraction of sp³-hybridized carbons (Fsp3) is 0.400. The summed E-state index contributed by atoms with van der Waals surface area (Å²) < 4.78 is 7.98. The van der Waals surface area contributed by atoms with Crippen LogP contribution in [0.1, 0.15) is 96.8 Å². The lowest BCUT2D eigenvalue weighted by Crippen LogP contribution is -2.67. The van der Waals surface area contributed by atoms with Crippen LogP contribution in [0.25, 0.3) is 37.2 Å². The van der Waals surface area contributed by atoms with Gasteiger partial charge in [-0.15, -0.1) is 11.3 Å². The van der Waals surface area contributed by atoms with E-state index in [1.165, 1.54) is 53.9 Å². The molecule has 2 aromatic heterocycles. The zero-order chi connectivity index (χ0) is 27.0. The Morgan fingerprint density at radius 3 is 2.26 bits per heavy atom. The Morgan fingerprint density at radius 2 is 1.58 bits per heavy atom. The predicted octanol–water partition coefficient (Wildman–Crippen LogP) is 9.85. The van der Waals surface area contributed by atoms with Crippen molar-refractivity contribution >= 4 is 31.5 Å². The number of nitrogens with zero attached hydrogens (tertiary/aromatic N) is 2. The molecular formula is C35H41N2S+. The van der Waals surface area contributed by atoms with Crippen molar-refractivity contribution in [3.8, 4) is 17.1 Å². The van der Waals surface area contributed by atoms with E-state index >= 15 is 0 Å². The van der Waals surface area contributed by atoms with Gasteiger partial charge in [0.2, 0.25) is 0 Å². The van der Waals surface area contributed by atoms with Crippen molar-refractivity contribution in [2.45, 2.75) is 91.0 Å². The van der Waals surface area contributed by atoms with Crippen molar-refractivity contribution in [1.82, 2.24) is 4.57 Å². The second kappa shape index (κ2) is 8.81. The average molecular weight is 522 g/mol. The fourth-order valence-electron chi connectivity index (χ4n) is 7.22. The second-order valence-electron chi connectivity index (χ2n) is 12.2. The third-order valence-electron chi connectivity index (χ3n) is 9.85. The predicted molar refractivity (Wildman–Crippen MR) is 164 cm³/mol. The Morgan fingerprint density at radius 1 is 0.868 bits per heavy atom. The summed E-state index contributed by atoms with van der Waals surface area (Å²) in [6.07, 6.45) is 6.91. The lowest BCUT2D eigenvalue weighted by Gasteiger charge is -2.47. The van der Waals surface area contributed by atoms with Crippen LogP contribution in [0.3, 0.4) is 0 Å². The Hall–Kier alpha value is -2.91. The normalized spacial score (nSPS) is 21.0. The molecule has 3 heteroatoms. The molecule has 0 aliphatic carbocycles. The molecule has 6 rings (SSSR count). The fourth-order valence-corrected chi connectivity index (χ4v) is 8.59. The van der Waals surface area contributed by atoms with Gasteiger partial charge in [-0.3, -0.25) is 0 Å². The van der Waals surface area contributed by atoms with E-state index < -0.39 is 0 Å². The first-order valence-corrected chi connectivity index (χ1v) is 15.2. The van der Waals surface area contributed by atoms with E-state index in [4.69, 9.17) is 0 Å². The lowest BCUT2D eigenvalue weighted by molar-refractivity contribution is -0.764. The highest BCUT2D eigenvalue weighted by Gasteiger charge is 2.55. The van der Waals surface area contributed by atoms with Gasteiger partial charge in [-0.25, -0.2) is 4.57 Å². The van der Waals surface area contributed by atoms with E-state index in [0.29, 0.717) is 11.8 Å². The molecule has 2 nitrogen and oxygen atoms in total. The molecule has 38 heavy (non-hydrogen) atoms. The number of hydrogen-bond acceptors (Lipinski definition) is 1. The summed E-state index contributed by atoms with van der Waals surface area (Å²) in [4.78, 5) is 0. The molecule has 196 valence electrons. The number of fused-ring (bicyclic) bond motifs is 6. The molecule has 2 unspecified atom stereocenters. The van der Waals surface area contributed by atoms with Gasteiger partial charge in [-0.2, -0.15) is 4.57 Å². The monoisotopic (exact) mass is 521 g/mol.